The lowest BCUT2D eigenvalue weighted by Gasteiger charge is -2.35. The Hall–Kier alpha value is -1.38. The summed E-state index contributed by atoms with van der Waals surface area (Å²) < 4.78 is 18.1. The zero-order valence-electron chi connectivity index (χ0n) is 11.1. The van der Waals surface area contributed by atoms with Gasteiger partial charge in [-0.2, -0.15) is 0 Å². The van der Waals surface area contributed by atoms with Crippen molar-refractivity contribution in [2.45, 2.75) is 31.6 Å². The highest BCUT2D eigenvalue weighted by atomic mass is 19.1. The second-order valence-electron chi connectivity index (χ2n) is 5.88. The fourth-order valence-electron chi connectivity index (χ4n) is 4.03. The number of carbonyl (C=O) groups is 1. The van der Waals surface area contributed by atoms with Crippen molar-refractivity contribution in [3.63, 3.8) is 0 Å². The Bertz CT molecular complexity index is 468. The van der Waals surface area contributed by atoms with Gasteiger partial charge in [-0.05, 0) is 54.7 Å². The molecule has 2 bridgehead atoms. The van der Waals surface area contributed by atoms with Crippen LogP contribution >= 0.6 is 0 Å². The molecule has 0 radical (unpaired) electrons. The van der Waals surface area contributed by atoms with Crippen molar-refractivity contribution in [1.29, 1.82) is 0 Å². The molecule has 19 heavy (non-hydrogen) atoms. The van der Waals surface area contributed by atoms with Crippen molar-refractivity contribution in [2.75, 3.05) is 7.11 Å². The van der Waals surface area contributed by atoms with Gasteiger partial charge in [-0.15, -0.1) is 0 Å². The van der Waals surface area contributed by atoms with Crippen LogP contribution in [0.4, 0.5) is 4.39 Å². The minimum Gasteiger partial charge on any atom is -0.469 e. The third-order valence-electron chi connectivity index (χ3n) is 4.88. The average Bonchev–Trinajstić information content (AvgIpc) is 2.80. The van der Waals surface area contributed by atoms with Gasteiger partial charge >= 0.3 is 5.97 Å². The third kappa shape index (κ3) is 2.26. The molecule has 4 atom stereocenters. The first-order valence-electron chi connectivity index (χ1n) is 7.02. The van der Waals surface area contributed by atoms with Gasteiger partial charge in [-0.3, -0.25) is 4.79 Å². The molecule has 1 aromatic carbocycles. The van der Waals surface area contributed by atoms with Crippen molar-refractivity contribution in [1.82, 2.24) is 0 Å². The fraction of sp³-hybridized carbons (Fsp3) is 0.562. The summed E-state index contributed by atoms with van der Waals surface area (Å²) in [7, 11) is 1.46. The maximum Gasteiger partial charge on any atom is 0.309 e. The van der Waals surface area contributed by atoms with Gasteiger partial charge in [0.05, 0.1) is 13.0 Å². The van der Waals surface area contributed by atoms with E-state index in [-0.39, 0.29) is 23.6 Å². The molecule has 3 heteroatoms. The van der Waals surface area contributed by atoms with Crippen molar-refractivity contribution in [2.24, 2.45) is 17.8 Å². The standard InChI is InChI=1S/C16H19FO2/c1-19-16(18)15-12-3-2-10(8-12)9-14(15)11-4-6-13(17)7-5-11/h4-7,10,12,14-15H,2-3,8-9H2,1H3/t10-,12-,14-,15+/m0/s1. The lowest BCUT2D eigenvalue weighted by molar-refractivity contribution is -0.149. The van der Waals surface area contributed by atoms with E-state index in [0.29, 0.717) is 5.92 Å². The van der Waals surface area contributed by atoms with Crippen molar-refractivity contribution in [3.05, 3.63) is 35.6 Å². The Labute approximate surface area is 113 Å². The maximum absolute atomic E-state index is 13.0. The Morgan fingerprint density at radius 3 is 2.63 bits per heavy atom. The van der Waals surface area contributed by atoms with Crippen molar-refractivity contribution >= 4 is 5.97 Å². The second kappa shape index (κ2) is 4.95. The molecule has 1 aromatic rings. The topological polar surface area (TPSA) is 26.3 Å². The summed E-state index contributed by atoms with van der Waals surface area (Å²) in [5.74, 6) is 0.993. The zero-order chi connectivity index (χ0) is 13.4. The molecular weight excluding hydrogens is 243 g/mol. The Balaban J connectivity index is 1.92. The molecule has 0 aromatic heterocycles. The average molecular weight is 262 g/mol. The Morgan fingerprint density at radius 2 is 1.95 bits per heavy atom. The summed E-state index contributed by atoms with van der Waals surface area (Å²) in [4.78, 5) is 12.1. The van der Waals surface area contributed by atoms with E-state index in [1.807, 2.05) is 12.1 Å². The van der Waals surface area contributed by atoms with Gasteiger partial charge in [-0.1, -0.05) is 18.6 Å². The number of benzene rings is 1. The van der Waals surface area contributed by atoms with Crippen LogP contribution in [0.5, 0.6) is 0 Å². The summed E-state index contributed by atoms with van der Waals surface area (Å²) >= 11 is 0. The van der Waals surface area contributed by atoms with Crippen molar-refractivity contribution in [3.8, 4) is 0 Å². The normalized spacial score (nSPS) is 33.2. The monoisotopic (exact) mass is 262 g/mol. The van der Waals surface area contributed by atoms with Gasteiger partial charge < -0.3 is 4.74 Å². The van der Waals surface area contributed by atoms with E-state index in [1.54, 1.807) is 0 Å². The lowest BCUT2D eigenvalue weighted by Crippen LogP contribution is -2.33. The van der Waals surface area contributed by atoms with E-state index in [4.69, 9.17) is 4.74 Å². The van der Waals surface area contributed by atoms with E-state index in [0.717, 1.165) is 30.7 Å². The summed E-state index contributed by atoms with van der Waals surface area (Å²) in [6.07, 6.45) is 4.53. The molecule has 2 fully saturated rings. The minimum atomic E-state index is -0.225. The van der Waals surface area contributed by atoms with Crippen LogP contribution in [0, 0.1) is 23.6 Å². The van der Waals surface area contributed by atoms with E-state index >= 15 is 0 Å². The highest BCUT2D eigenvalue weighted by molar-refractivity contribution is 5.74. The van der Waals surface area contributed by atoms with Crippen LogP contribution in [0.2, 0.25) is 0 Å². The van der Waals surface area contributed by atoms with Gasteiger partial charge in [0.15, 0.2) is 0 Å². The van der Waals surface area contributed by atoms with Crippen molar-refractivity contribution < 1.29 is 13.9 Å². The number of fused-ring (bicyclic) bond motifs is 2. The first-order chi connectivity index (χ1) is 9.19. The SMILES string of the molecule is COC(=O)[C@@H]1[C@H]2CC[C@@H](C2)C[C@H]1c1ccc(F)cc1. The first-order valence-corrected chi connectivity index (χ1v) is 7.02. The summed E-state index contributed by atoms with van der Waals surface area (Å²) in [6, 6.07) is 6.61. The number of ether oxygens (including phenoxy) is 1. The maximum atomic E-state index is 13.0. The van der Waals surface area contributed by atoms with Crippen LogP contribution in [0.1, 0.15) is 37.2 Å². The first kappa shape index (κ1) is 12.6. The second-order valence-corrected chi connectivity index (χ2v) is 5.88. The molecule has 0 aliphatic heterocycles. The molecule has 0 spiro atoms. The zero-order valence-corrected chi connectivity index (χ0v) is 11.1. The van der Waals surface area contributed by atoms with Gasteiger partial charge in [0.2, 0.25) is 0 Å². The van der Waals surface area contributed by atoms with Crippen LogP contribution in [0.25, 0.3) is 0 Å². The minimum absolute atomic E-state index is 0.0470. The number of hydrogen-bond acceptors (Lipinski definition) is 2. The Morgan fingerprint density at radius 1 is 1.21 bits per heavy atom. The molecule has 3 rings (SSSR count). The fourth-order valence-corrected chi connectivity index (χ4v) is 4.03. The number of rotatable bonds is 2. The molecule has 2 nitrogen and oxygen atoms in total. The van der Waals surface area contributed by atoms with E-state index in [9.17, 15) is 9.18 Å². The smallest absolute Gasteiger partial charge is 0.309 e. The van der Waals surface area contributed by atoms with Gasteiger partial charge in [-0.25, -0.2) is 4.39 Å². The van der Waals surface area contributed by atoms with Crippen LogP contribution in [0.15, 0.2) is 24.3 Å². The third-order valence-corrected chi connectivity index (χ3v) is 4.88. The highest BCUT2D eigenvalue weighted by Gasteiger charge is 2.46. The van der Waals surface area contributed by atoms with Gasteiger partial charge in [0.1, 0.15) is 5.82 Å². The molecule has 102 valence electrons. The van der Waals surface area contributed by atoms with Crippen LogP contribution in [-0.2, 0) is 9.53 Å². The number of hydrogen-bond donors (Lipinski definition) is 0. The summed E-state index contributed by atoms with van der Waals surface area (Å²) in [6.45, 7) is 0. The van der Waals surface area contributed by atoms with E-state index in [2.05, 4.69) is 0 Å². The molecule has 0 saturated heterocycles. The number of carbonyl (C=O) groups excluding carboxylic acids is 1. The largest absolute Gasteiger partial charge is 0.469 e. The molecule has 0 amide bonds. The molecule has 0 heterocycles. The van der Waals surface area contributed by atoms with Gasteiger partial charge in [0, 0.05) is 0 Å². The van der Waals surface area contributed by atoms with E-state index < -0.39 is 0 Å². The predicted molar refractivity (Wildman–Crippen MR) is 70.1 cm³/mol. The molecule has 0 N–H and O–H groups in total. The molecule has 2 saturated carbocycles. The van der Waals surface area contributed by atoms with Gasteiger partial charge in [0.25, 0.3) is 0 Å². The molecule has 2 aliphatic rings. The quantitative estimate of drug-likeness (QED) is 0.762. The number of methoxy groups -OCH3 is 1. The molecule has 2 aliphatic carbocycles. The lowest BCUT2D eigenvalue weighted by atomic mass is 9.69. The Kier molecular flexibility index (Phi) is 3.29. The predicted octanol–water partition coefficient (Wildman–Crippen LogP) is 3.52. The van der Waals surface area contributed by atoms with Crippen LogP contribution in [-0.4, -0.2) is 13.1 Å². The summed E-state index contributed by atoms with van der Waals surface area (Å²) in [5, 5.41) is 0. The molecule has 0 unspecified atom stereocenters. The highest BCUT2D eigenvalue weighted by Crippen LogP contribution is 2.52. The summed E-state index contributed by atoms with van der Waals surface area (Å²) in [5.41, 5.74) is 1.08. The van der Waals surface area contributed by atoms with Crippen LogP contribution in [0.3, 0.4) is 0 Å². The molecular formula is C16H19FO2. The van der Waals surface area contributed by atoms with Crippen LogP contribution < -0.4 is 0 Å². The number of halogens is 1. The number of esters is 1. The van der Waals surface area contributed by atoms with E-state index in [1.165, 1.54) is 25.7 Å².